The summed E-state index contributed by atoms with van der Waals surface area (Å²) in [5.41, 5.74) is 7.98. The minimum absolute atomic E-state index is 0.517. The van der Waals surface area contributed by atoms with Crippen LogP contribution in [0.5, 0.6) is 0 Å². The Kier molecular flexibility index (Phi) is 4.73. The molecule has 0 aromatic heterocycles. The Balaban J connectivity index is 1.79. The first-order chi connectivity index (χ1) is 11.8. The maximum atomic E-state index is 5.13. The van der Waals surface area contributed by atoms with Crippen molar-refractivity contribution in [3.05, 3.63) is 69.2 Å². The largest absolute Gasteiger partial charge is 0.369 e. The summed E-state index contributed by atoms with van der Waals surface area (Å²) in [4.78, 5) is 2.29. The molecule has 1 unspecified atom stereocenters. The van der Waals surface area contributed by atoms with Crippen molar-refractivity contribution in [1.82, 2.24) is 4.90 Å². The third-order valence-electron chi connectivity index (χ3n) is 5.69. The molecular weight excluding hydrogens is 378 g/mol. The van der Waals surface area contributed by atoms with Crippen LogP contribution in [0.4, 0.5) is 0 Å². The number of rotatable bonds is 2. The number of piperidine rings is 1. The summed E-state index contributed by atoms with van der Waals surface area (Å²) in [5.74, 6) is 1.21. The van der Waals surface area contributed by atoms with E-state index in [4.69, 9.17) is 12.2 Å². The maximum Gasteiger partial charge on any atom is 0.0640 e. The first kappa shape index (κ1) is 16.3. The first-order valence-electron chi connectivity index (χ1n) is 8.82. The molecule has 1 aliphatic carbocycles. The smallest absolute Gasteiger partial charge is 0.0640 e. The lowest BCUT2D eigenvalue weighted by Gasteiger charge is -2.36. The summed E-state index contributed by atoms with van der Waals surface area (Å²) in [6.07, 6.45) is 4.74. The third kappa shape index (κ3) is 3.04. The highest BCUT2D eigenvalue weighted by atomic mass is 79.9. The van der Waals surface area contributed by atoms with Gasteiger partial charge in [0.05, 0.1) is 5.49 Å². The Labute approximate surface area is 158 Å². The zero-order chi connectivity index (χ0) is 16.5. The first-order valence-corrected chi connectivity index (χ1v) is 10.1. The topological polar surface area (TPSA) is 3.24 Å². The molecule has 2 aromatic rings. The van der Waals surface area contributed by atoms with E-state index in [-0.39, 0.29) is 0 Å². The van der Waals surface area contributed by atoms with E-state index in [9.17, 15) is 0 Å². The molecule has 1 nitrogen and oxygen atoms in total. The second kappa shape index (κ2) is 6.97. The molecule has 2 aromatic carbocycles. The average molecular weight is 400 g/mol. The Morgan fingerprint density at radius 1 is 0.958 bits per heavy atom. The monoisotopic (exact) mass is 399 g/mol. The summed E-state index contributed by atoms with van der Waals surface area (Å²) in [7, 11) is 0. The van der Waals surface area contributed by atoms with Gasteiger partial charge in [-0.2, -0.15) is 0 Å². The third-order valence-corrected chi connectivity index (χ3v) is 6.48. The molecule has 1 heterocycles. The minimum atomic E-state index is 0.517. The van der Waals surface area contributed by atoms with Gasteiger partial charge in [0.25, 0.3) is 0 Å². The highest BCUT2D eigenvalue weighted by molar-refractivity contribution is 9.10. The van der Waals surface area contributed by atoms with Gasteiger partial charge in [-0.3, -0.25) is 0 Å². The Bertz CT molecular complexity index is 749. The van der Waals surface area contributed by atoms with Gasteiger partial charge >= 0.3 is 0 Å². The zero-order valence-electron chi connectivity index (χ0n) is 13.7. The van der Waals surface area contributed by atoms with Crippen LogP contribution in [0.15, 0.2) is 46.9 Å². The highest BCUT2D eigenvalue weighted by Gasteiger charge is 2.32. The Morgan fingerprint density at radius 3 is 2.42 bits per heavy atom. The number of likely N-dealkylation sites (tertiary alicyclic amines) is 1. The van der Waals surface area contributed by atoms with Gasteiger partial charge in [0.2, 0.25) is 0 Å². The molecule has 0 spiro atoms. The van der Waals surface area contributed by atoms with Gasteiger partial charge in [-0.25, -0.2) is 0 Å². The lowest BCUT2D eigenvalue weighted by Crippen LogP contribution is -2.34. The van der Waals surface area contributed by atoms with Gasteiger partial charge in [0.15, 0.2) is 0 Å². The van der Waals surface area contributed by atoms with Gasteiger partial charge in [-0.05, 0) is 66.0 Å². The lowest BCUT2D eigenvalue weighted by atomic mass is 9.75. The molecule has 1 aliphatic heterocycles. The van der Waals surface area contributed by atoms with E-state index in [2.05, 4.69) is 63.3 Å². The lowest BCUT2D eigenvalue weighted by molar-refractivity contribution is 0.256. The molecule has 24 heavy (non-hydrogen) atoms. The van der Waals surface area contributed by atoms with Crippen molar-refractivity contribution in [2.45, 2.75) is 31.6 Å². The predicted octanol–water partition coefficient (Wildman–Crippen LogP) is 5.35. The molecule has 0 N–H and O–H groups in total. The number of hydrogen-bond donors (Lipinski definition) is 0. The van der Waals surface area contributed by atoms with E-state index in [0.717, 1.165) is 25.9 Å². The minimum Gasteiger partial charge on any atom is -0.369 e. The van der Waals surface area contributed by atoms with Crippen LogP contribution < -0.4 is 0 Å². The van der Waals surface area contributed by atoms with Gasteiger partial charge in [0.1, 0.15) is 0 Å². The summed E-state index contributed by atoms with van der Waals surface area (Å²) in [5, 5.41) is 0. The Morgan fingerprint density at radius 2 is 1.67 bits per heavy atom. The number of benzene rings is 2. The molecule has 3 heteroatoms. The summed E-state index contributed by atoms with van der Waals surface area (Å²) in [6.45, 7) is 2.19. The number of halogens is 1. The van der Waals surface area contributed by atoms with Gasteiger partial charge in [-0.15, -0.1) is 0 Å². The van der Waals surface area contributed by atoms with Crippen LogP contribution in [0.25, 0.3) is 0 Å². The molecule has 1 fully saturated rings. The van der Waals surface area contributed by atoms with Crippen LogP contribution in [-0.2, 0) is 12.8 Å². The molecule has 0 saturated carbocycles. The van der Waals surface area contributed by atoms with E-state index < -0.39 is 0 Å². The molecule has 1 saturated heterocycles. The van der Waals surface area contributed by atoms with Crippen molar-refractivity contribution >= 4 is 33.6 Å². The van der Waals surface area contributed by atoms with Gasteiger partial charge < -0.3 is 4.90 Å². The van der Waals surface area contributed by atoms with E-state index in [1.807, 2.05) is 5.49 Å². The van der Waals surface area contributed by atoms with Crippen molar-refractivity contribution in [1.29, 1.82) is 0 Å². The molecule has 0 amide bonds. The molecule has 124 valence electrons. The van der Waals surface area contributed by atoms with E-state index >= 15 is 0 Å². The predicted molar refractivity (Wildman–Crippen MR) is 108 cm³/mol. The van der Waals surface area contributed by atoms with Crippen molar-refractivity contribution in [3.63, 3.8) is 0 Å². The van der Waals surface area contributed by atoms with Crippen LogP contribution in [0.1, 0.15) is 41.0 Å². The van der Waals surface area contributed by atoms with Crippen LogP contribution in [-0.4, -0.2) is 23.5 Å². The number of hydrogen-bond acceptors (Lipinski definition) is 1. The summed E-state index contributed by atoms with van der Waals surface area (Å²) < 4.78 is 1.20. The maximum absolute atomic E-state index is 5.13. The van der Waals surface area contributed by atoms with Crippen molar-refractivity contribution in [2.24, 2.45) is 5.92 Å². The van der Waals surface area contributed by atoms with Crippen LogP contribution in [0, 0.1) is 5.92 Å². The van der Waals surface area contributed by atoms with Gasteiger partial charge in [0, 0.05) is 23.5 Å². The highest BCUT2D eigenvalue weighted by Crippen LogP contribution is 2.43. The zero-order valence-corrected chi connectivity index (χ0v) is 16.2. The van der Waals surface area contributed by atoms with Crippen LogP contribution in [0.2, 0.25) is 0 Å². The molecule has 0 bridgehead atoms. The molecule has 0 radical (unpaired) electrons. The number of fused-ring (bicyclic) bond motifs is 2. The molecular formula is C21H22BrNS. The fourth-order valence-corrected chi connectivity index (χ4v) is 5.04. The van der Waals surface area contributed by atoms with Crippen molar-refractivity contribution < 1.29 is 0 Å². The van der Waals surface area contributed by atoms with E-state index in [0.29, 0.717) is 11.8 Å². The standard InChI is InChI=1S/C21H22BrNS/c22-18-8-7-16-6-5-15-3-1-2-4-19(15)21(20(16)13-18)17-9-11-23(14-24)12-10-17/h1-4,7-8,13-14,17,21H,5-6,9-12H2. The number of thiocarbonyl (C=S) groups is 1. The molecule has 4 rings (SSSR count). The van der Waals surface area contributed by atoms with Crippen LogP contribution >= 0.6 is 28.1 Å². The summed E-state index contributed by atoms with van der Waals surface area (Å²) >= 11 is 8.83. The van der Waals surface area contributed by atoms with E-state index in [1.54, 1.807) is 5.56 Å². The molecule has 1 atom stereocenters. The van der Waals surface area contributed by atoms with Crippen LogP contribution in [0.3, 0.4) is 0 Å². The van der Waals surface area contributed by atoms with Crippen molar-refractivity contribution in [3.8, 4) is 0 Å². The molecule has 2 aliphatic rings. The summed E-state index contributed by atoms with van der Waals surface area (Å²) in [6, 6.07) is 16.0. The quantitative estimate of drug-likeness (QED) is 0.626. The second-order valence-electron chi connectivity index (χ2n) is 7.00. The number of nitrogens with zero attached hydrogens (tertiary/aromatic N) is 1. The van der Waals surface area contributed by atoms with Crippen molar-refractivity contribution in [2.75, 3.05) is 13.1 Å². The fraction of sp³-hybridized carbons (Fsp3) is 0.381. The second-order valence-corrected chi connectivity index (χ2v) is 8.12. The fourth-order valence-electron chi connectivity index (χ4n) is 4.45. The average Bonchev–Trinajstić information content (AvgIpc) is 2.78. The SMILES string of the molecule is S=CN1CCC(C2c3ccccc3CCc3ccc(Br)cc32)CC1. The normalized spacial score (nSPS) is 20.9. The Hall–Kier alpha value is -1.19. The number of aryl methyl sites for hydroxylation is 2. The van der Waals surface area contributed by atoms with E-state index in [1.165, 1.54) is 34.0 Å². The van der Waals surface area contributed by atoms with Gasteiger partial charge in [-0.1, -0.05) is 58.5 Å².